The van der Waals surface area contributed by atoms with Gasteiger partial charge in [0.2, 0.25) is 0 Å². The Kier molecular flexibility index (Phi) is 5.93. The Morgan fingerprint density at radius 3 is 2.67 bits per heavy atom. The number of aliphatic hydroxyl groups excluding tert-OH is 2. The van der Waals surface area contributed by atoms with E-state index >= 15 is 0 Å². The van der Waals surface area contributed by atoms with Gasteiger partial charge in [0.05, 0.1) is 12.7 Å². The van der Waals surface area contributed by atoms with Gasteiger partial charge in [-0.2, -0.15) is 0 Å². The van der Waals surface area contributed by atoms with Crippen molar-refractivity contribution in [1.29, 1.82) is 0 Å². The largest absolute Gasteiger partial charge is 0.396 e. The molecule has 0 aliphatic rings. The molecule has 0 heterocycles. The van der Waals surface area contributed by atoms with Crippen molar-refractivity contribution in [2.75, 3.05) is 19.8 Å². The second kappa shape index (κ2) is 6.01. The number of ether oxygens (including phenoxy) is 1. The first-order valence-corrected chi connectivity index (χ1v) is 3.18. The lowest BCUT2D eigenvalue weighted by Crippen LogP contribution is -2.16. The Hall–Kier alpha value is -0.120. The van der Waals surface area contributed by atoms with E-state index in [0.717, 1.165) is 0 Å². The Bertz CT molecular complexity index is 56.3. The highest BCUT2D eigenvalue weighted by Crippen LogP contribution is 1.89. The molecule has 0 rings (SSSR count). The van der Waals surface area contributed by atoms with E-state index in [1.165, 1.54) is 0 Å². The van der Waals surface area contributed by atoms with E-state index in [9.17, 15) is 0 Å². The quantitative estimate of drug-likeness (QED) is 0.546. The molecule has 3 heteroatoms. The van der Waals surface area contributed by atoms with E-state index in [2.05, 4.69) is 0 Å². The van der Waals surface area contributed by atoms with Crippen LogP contribution in [0.25, 0.3) is 0 Å². The third-order valence-corrected chi connectivity index (χ3v) is 0.977. The summed E-state index contributed by atoms with van der Waals surface area (Å²) in [7, 11) is 0. The van der Waals surface area contributed by atoms with Crippen molar-refractivity contribution in [2.24, 2.45) is 0 Å². The highest BCUT2D eigenvalue weighted by atomic mass is 16.5. The van der Waals surface area contributed by atoms with Gasteiger partial charge in [0.15, 0.2) is 0 Å². The van der Waals surface area contributed by atoms with Crippen LogP contribution in [0.1, 0.15) is 13.3 Å². The standard InChI is InChI=1S/C6H14O3/c1-2-9-5-6(8)3-4-7/h6-8H,2-5H2,1H3. The predicted octanol–water partition coefficient (Wildman–Crippen LogP) is -0.234. The number of hydrogen-bond donors (Lipinski definition) is 2. The van der Waals surface area contributed by atoms with E-state index in [4.69, 9.17) is 14.9 Å². The molecule has 0 saturated heterocycles. The summed E-state index contributed by atoms with van der Waals surface area (Å²) >= 11 is 0. The molecule has 0 bridgehead atoms. The molecule has 0 saturated carbocycles. The van der Waals surface area contributed by atoms with Crippen molar-refractivity contribution in [2.45, 2.75) is 19.4 Å². The number of hydrogen-bond acceptors (Lipinski definition) is 3. The Morgan fingerprint density at radius 2 is 2.22 bits per heavy atom. The van der Waals surface area contributed by atoms with Crippen LogP contribution in [0.2, 0.25) is 0 Å². The smallest absolute Gasteiger partial charge is 0.0795 e. The van der Waals surface area contributed by atoms with Crippen molar-refractivity contribution < 1.29 is 14.9 Å². The van der Waals surface area contributed by atoms with Crippen LogP contribution in [-0.2, 0) is 4.74 Å². The molecule has 0 radical (unpaired) electrons. The average Bonchev–Trinajstić information content (AvgIpc) is 1.85. The van der Waals surface area contributed by atoms with Gasteiger partial charge >= 0.3 is 0 Å². The van der Waals surface area contributed by atoms with Gasteiger partial charge in [-0.3, -0.25) is 0 Å². The fourth-order valence-corrected chi connectivity index (χ4v) is 0.486. The lowest BCUT2D eigenvalue weighted by molar-refractivity contribution is 0.0291. The predicted molar refractivity (Wildman–Crippen MR) is 34.2 cm³/mol. The summed E-state index contributed by atoms with van der Waals surface area (Å²) in [5, 5.41) is 17.2. The highest BCUT2D eigenvalue weighted by Gasteiger charge is 2.00. The van der Waals surface area contributed by atoms with Crippen LogP contribution in [0.4, 0.5) is 0 Å². The van der Waals surface area contributed by atoms with E-state index in [1.54, 1.807) is 0 Å². The SMILES string of the molecule is CCOCC(O)CCO. The minimum Gasteiger partial charge on any atom is -0.396 e. The molecule has 9 heavy (non-hydrogen) atoms. The first kappa shape index (κ1) is 8.88. The summed E-state index contributed by atoms with van der Waals surface area (Å²) < 4.78 is 4.89. The van der Waals surface area contributed by atoms with Gasteiger partial charge in [-0.1, -0.05) is 0 Å². The van der Waals surface area contributed by atoms with E-state index < -0.39 is 6.10 Å². The van der Waals surface area contributed by atoms with Crippen LogP contribution in [0, 0.1) is 0 Å². The van der Waals surface area contributed by atoms with Crippen LogP contribution in [0.3, 0.4) is 0 Å². The monoisotopic (exact) mass is 134 g/mol. The third-order valence-electron chi connectivity index (χ3n) is 0.977. The van der Waals surface area contributed by atoms with Gasteiger partial charge in [0.1, 0.15) is 0 Å². The number of aliphatic hydroxyl groups is 2. The van der Waals surface area contributed by atoms with Gasteiger partial charge in [-0.25, -0.2) is 0 Å². The summed E-state index contributed by atoms with van der Waals surface area (Å²) in [6.45, 7) is 2.83. The summed E-state index contributed by atoms with van der Waals surface area (Å²) in [6.07, 6.45) is -0.102. The molecule has 3 nitrogen and oxygen atoms in total. The summed E-state index contributed by atoms with van der Waals surface area (Å²) in [5.74, 6) is 0. The van der Waals surface area contributed by atoms with Crippen LogP contribution in [0.15, 0.2) is 0 Å². The molecule has 0 fully saturated rings. The molecule has 0 aliphatic carbocycles. The first-order valence-electron chi connectivity index (χ1n) is 3.18. The topological polar surface area (TPSA) is 49.7 Å². The second-order valence-electron chi connectivity index (χ2n) is 1.83. The maximum absolute atomic E-state index is 8.90. The third kappa shape index (κ3) is 5.76. The van der Waals surface area contributed by atoms with E-state index in [-0.39, 0.29) is 6.61 Å². The van der Waals surface area contributed by atoms with Crippen LogP contribution >= 0.6 is 0 Å². The van der Waals surface area contributed by atoms with Gasteiger partial charge in [0.25, 0.3) is 0 Å². The zero-order valence-electron chi connectivity index (χ0n) is 5.71. The van der Waals surface area contributed by atoms with Crippen molar-refractivity contribution in [3.8, 4) is 0 Å². The molecule has 0 spiro atoms. The highest BCUT2D eigenvalue weighted by molar-refractivity contribution is 4.50. The Balaban J connectivity index is 2.95. The lowest BCUT2D eigenvalue weighted by atomic mass is 10.3. The van der Waals surface area contributed by atoms with Crippen molar-refractivity contribution in [3.63, 3.8) is 0 Å². The summed E-state index contributed by atoms with van der Waals surface area (Å²) in [6, 6.07) is 0. The molecule has 0 aromatic carbocycles. The lowest BCUT2D eigenvalue weighted by Gasteiger charge is -2.06. The van der Waals surface area contributed by atoms with Gasteiger partial charge in [0, 0.05) is 13.2 Å². The molecule has 0 aliphatic heterocycles. The molecule has 1 unspecified atom stereocenters. The van der Waals surface area contributed by atoms with E-state index in [1.807, 2.05) is 6.92 Å². The maximum atomic E-state index is 8.90. The average molecular weight is 134 g/mol. The van der Waals surface area contributed by atoms with E-state index in [0.29, 0.717) is 19.6 Å². The Labute approximate surface area is 55.3 Å². The molecule has 56 valence electrons. The van der Waals surface area contributed by atoms with Crippen LogP contribution < -0.4 is 0 Å². The second-order valence-corrected chi connectivity index (χ2v) is 1.83. The number of rotatable bonds is 5. The van der Waals surface area contributed by atoms with Gasteiger partial charge in [-0.15, -0.1) is 0 Å². The molecular weight excluding hydrogens is 120 g/mol. The fraction of sp³-hybridized carbons (Fsp3) is 1.00. The minimum atomic E-state index is -0.505. The van der Waals surface area contributed by atoms with Crippen LogP contribution in [-0.4, -0.2) is 36.1 Å². The molecule has 1 atom stereocenters. The molecular formula is C6H14O3. The van der Waals surface area contributed by atoms with Crippen molar-refractivity contribution in [3.05, 3.63) is 0 Å². The molecule has 0 aromatic heterocycles. The molecule has 0 amide bonds. The normalized spacial score (nSPS) is 13.7. The zero-order valence-corrected chi connectivity index (χ0v) is 5.71. The molecule has 0 aromatic rings. The summed E-state index contributed by atoms with van der Waals surface area (Å²) in [5.41, 5.74) is 0. The zero-order chi connectivity index (χ0) is 7.11. The minimum absolute atomic E-state index is 0.0221. The maximum Gasteiger partial charge on any atom is 0.0795 e. The van der Waals surface area contributed by atoms with Crippen molar-refractivity contribution in [1.82, 2.24) is 0 Å². The van der Waals surface area contributed by atoms with Gasteiger partial charge in [-0.05, 0) is 13.3 Å². The fourth-order valence-electron chi connectivity index (χ4n) is 0.486. The van der Waals surface area contributed by atoms with Crippen LogP contribution in [0.5, 0.6) is 0 Å². The first-order chi connectivity index (χ1) is 4.31. The van der Waals surface area contributed by atoms with Gasteiger partial charge < -0.3 is 14.9 Å². The Morgan fingerprint density at radius 1 is 1.56 bits per heavy atom. The molecule has 2 N–H and O–H groups in total. The van der Waals surface area contributed by atoms with Crippen molar-refractivity contribution >= 4 is 0 Å². The summed E-state index contributed by atoms with van der Waals surface area (Å²) in [4.78, 5) is 0.